The Morgan fingerprint density at radius 1 is 1.35 bits per heavy atom. The first-order valence-electron chi connectivity index (χ1n) is 8.61. The molecule has 0 aromatic carbocycles. The van der Waals surface area contributed by atoms with Crippen LogP contribution in [0.25, 0.3) is 0 Å². The summed E-state index contributed by atoms with van der Waals surface area (Å²) >= 11 is 0. The van der Waals surface area contributed by atoms with E-state index in [4.69, 9.17) is 4.74 Å². The van der Waals surface area contributed by atoms with Crippen molar-refractivity contribution >= 4 is 0 Å². The average Bonchev–Trinajstić information content (AvgIpc) is 2.96. The zero-order chi connectivity index (χ0) is 16.4. The van der Waals surface area contributed by atoms with Gasteiger partial charge < -0.3 is 9.84 Å². The van der Waals surface area contributed by atoms with Crippen LogP contribution in [0.4, 0.5) is 0 Å². The monoisotopic (exact) mass is 321 g/mol. The number of aliphatic hydroxyl groups is 1. The van der Waals surface area contributed by atoms with Gasteiger partial charge in [0.1, 0.15) is 0 Å². The van der Waals surface area contributed by atoms with Crippen LogP contribution in [0.5, 0.6) is 0 Å². The highest BCUT2D eigenvalue weighted by molar-refractivity contribution is 5.04. The highest BCUT2D eigenvalue weighted by Crippen LogP contribution is 2.23. The highest BCUT2D eigenvalue weighted by Gasteiger charge is 2.33. The Labute approximate surface area is 137 Å². The average molecular weight is 321 g/mol. The Morgan fingerprint density at radius 2 is 2.09 bits per heavy atom. The van der Waals surface area contributed by atoms with Crippen LogP contribution in [0, 0.1) is 5.92 Å². The Balaban J connectivity index is 1.55. The first kappa shape index (κ1) is 16.6. The van der Waals surface area contributed by atoms with E-state index in [1.54, 1.807) is 17.0 Å². The molecule has 3 rings (SSSR count). The molecule has 3 heterocycles. The van der Waals surface area contributed by atoms with Crippen LogP contribution in [0.15, 0.2) is 17.2 Å². The molecule has 23 heavy (non-hydrogen) atoms. The summed E-state index contributed by atoms with van der Waals surface area (Å²) in [6.07, 6.45) is 3.42. The van der Waals surface area contributed by atoms with Gasteiger partial charge in [-0.3, -0.25) is 14.3 Å². The molecule has 2 aliphatic heterocycles. The van der Waals surface area contributed by atoms with Gasteiger partial charge in [0.25, 0.3) is 5.56 Å². The quantitative estimate of drug-likeness (QED) is 0.890. The number of piperidine rings is 1. The summed E-state index contributed by atoms with van der Waals surface area (Å²) < 4.78 is 7.08. The van der Waals surface area contributed by atoms with Crippen molar-refractivity contribution in [2.24, 2.45) is 5.92 Å². The maximum absolute atomic E-state index is 12.2. The fourth-order valence-corrected chi connectivity index (χ4v) is 3.52. The molecule has 2 unspecified atom stereocenters. The van der Waals surface area contributed by atoms with Gasteiger partial charge in [0.05, 0.1) is 37.4 Å². The van der Waals surface area contributed by atoms with Gasteiger partial charge in [-0.05, 0) is 37.8 Å². The van der Waals surface area contributed by atoms with Gasteiger partial charge in [-0.1, -0.05) is 13.8 Å². The zero-order valence-electron chi connectivity index (χ0n) is 14.0. The second-order valence-electron chi connectivity index (χ2n) is 7.11. The molecule has 0 saturated carbocycles. The number of nitrogens with zero attached hydrogens (tertiary/aromatic N) is 3. The van der Waals surface area contributed by atoms with E-state index in [9.17, 15) is 9.90 Å². The molecule has 0 spiro atoms. The second kappa shape index (κ2) is 7.11. The number of rotatable bonds is 4. The van der Waals surface area contributed by atoms with Gasteiger partial charge >= 0.3 is 0 Å². The third kappa shape index (κ3) is 3.82. The van der Waals surface area contributed by atoms with Crippen LogP contribution >= 0.6 is 0 Å². The summed E-state index contributed by atoms with van der Waals surface area (Å²) in [6.45, 7) is 7.83. The minimum Gasteiger partial charge on any atom is -0.389 e. The molecular weight excluding hydrogens is 294 g/mol. The van der Waals surface area contributed by atoms with Gasteiger partial charge in [0, 0.05) is 12.6 Å². The maximum Gasteiger partial charge on any atom is 0.253 e. The first-order valence-corrected chi connectivity index (χ1v) is 8.61. The number of hydrogen-bond donors (Lipinski definition) is 1. The lowest BCUT2D eigenvalue weighted by Crippen LogP contribution is -2.47. The van der Waals surface area contributed by atoms with E-state index in [1.165, 1.54) is 0 Å². The molecule has 0 radical (unpaired) electrons. The van der Waals surface area contributed by atoms with Crippen molar-refractivity contribution in [2.45, 2.75) is 51.3 Å². The van der Waals surface area contributed by atoms with E-state index in [0.717, 1.165) is 38.2 Å². The van der Waals surface area contributed by atoms with E-state index >= 15 is 0 Å². The number of ether oxygens (including phenoxy) is 1. The molecule has 0 amide bonds. The van der Waals surface area contributed by atoms with E-state index in [-0.39, 0.29) is 23.6 Å². The molecule has 1 aromatic rings. The summed E-state index contributed by atoms with van der Waals surface area (Å²) in [4.78, 5) is 18.9. The van der Waals surface area contributed by atoms with Crippen molar-refractivity contribution in [2.75, 3.05) is 26.3 Å². The lowest BCUT2D eigenvalue weighted by Gasteiger charge is -2.36. The SMILES string of the molecule is CC(C)c1cc(=O)n(CC2CCN(C3COCC3O)CC2)cn1. The van der Waals surface area contributed by atoms with Gasteiger partial charge in [0.2, 0.25) is 0 Å². The normalized spacial score (nSPS) is 27.0. The Kier molecular flexibility index (Phi) is 5.14. The van der Waals surface area contributed by atoms with Crippen molar-refractivity contribution in [1.82, 2.24) is 14.5 Å². The van der Waals surface area contributed by atoms with E-state index < -0.39 is 0 Å². The Hall–Kier alpha value is -1.24. The van der Waals surface area contributed by atoms with E-state index in [2.05, 4.69) is 9.88 Å². The largest absolute Gasteiger partial charge is 0.389 e. The van der Waals surface area contributed by atoms with Crippen LogP contribution in [0.3, 0.4) is 0 Å². The minimum absolute atomic E-state index is 0.0470. The van der Waals surface area contributed by atoms with E-state index in [0.29, 0.717) is 19.1 Å². The molecule has 128 valence electrons. The van der Waals surface area contributed by atoms with Gasteiger partial charge in [-0.2, -0.15) is 0 Å². The highest BCUT2D eigenvalue weighted by atomic mass is 16.5. The molecule has 2 saturated heterocycles. The summed E-state index contributed by atoms with van der Waals surface area (Å²) in [5.74, 6) is 0.774. The molecule has 6 nitrogen and oxygen atoms in total. The molecule has 2 fully saturated rings. The third-order valence-corrected chi connectivity index (χ3v) is 5.09. The maximum atomic E-state index is 12.2. The molecule has 1 N–H and O–H groups in total. The predicted molar refractivity (Wildman–Crippen MR) is 87.5 cm³/mol. The Morgan fingerprint density at radius 3 is 2.65 bits per heavy atom. The summed E-state index contributed by atoms with van der Waals surface area (Å²) in [7, 11) is 0. The number of aliphatic hydroxyl groups excluding tert-OH is 1. The molecule has 0 aliphatic carbocycles. The smallest absolute Gasteiger partial charge is 0.253 e. The van der Waals surface area contributed by atoms with Crippen LogP contribution in [-0.4, -0.2) is 58.0 Å². The molecule has 2 aliphatic rings. The predicted octanol–water partition coefficient (Wildman–Crippen LogP) is 0.838. The van der Waals surface area contributed by atoms with Gasteiger partial charge in [0.15, 0.2) is 0 Å². The fourth-order valence-electron chi connectivity index (χ4n) is 3.52. The molecule has 1 aromatic heterocycles. The zero-order valence-corrected chi connectivity index (χ0v) is 14.0. The van der Waals surface area contributed by atoms with Gasteiger partial charge in [-0.25, -0.2) is 4.98 Å². The van der Waals surface area contributed by atoms with Crippen molar-refractivity contribution in [3.05, 3.63) is 28.4 Å². The first-order chi connectivity index (χ1) is 11.0. The van der Waals surface area contributed by atoms with Crippen molar-refractivity contribution in [3.8, 4) is 0 Å². The van der Waals surface area contributed by atoms with Crippen LogP contribution in [0.2, 0.25) is 0 Å². The number of hydrogen-bond acceptors (Lipinski definition) is 5. The minimum atomic E-state index is -0.359. The van der Waals surface area contributed by atoms with E-state index in [1.807, 2.05) is 13.8 Å². The summed E-state index contributed by atoms with van der Waals surface area (Å²) in [5, 5.41) is 9.93. The standard InChI is InChI=1S/C17H27N3O3/c1-12(2)14-7-17(22)20(11-18-14)8-13-3-5-19(6-4-13)15-9-23-10-16(15)21/h7,11-13,15-16,21H,3-6,8-10H2,1-2H3. The number of aromatic nitrogens is 2. The molecule has 0 bridgehead atoms. The molecule has 6 heteroatoms. The van der Waals surface area contributed by atoms with Crippen LogP contribution < -0.4 is 5.56 Å². The summed E-state index contributed by atoms with van der Waals surface area (Å²) in [5.41, 5.74) is 0.905. The second-order valence-corrected chi connectivity index (χ2v) is 7.11. The Bertz CT molecular complexity index is 579. The molecule has 2 atom stereocenters. The fraction of sp³-hybridized carbons (Fsp3) is 0.765. The number of likely N-dealkylation sites (tertiary alicyclic amines) is 1. The van der Waals surface area contributed by atoms with Crippen molar-refractivity contribution in [3.63, 3.8) is 0 Å². The summed E-state index contributed by atoms with van der Waals surface area (Å²) in [6, 6.07) is 1.80. The lowest BCUT2D eigenvalue weighted by atomic mass is 9.95. The van der Waals surface area contributed by atoms with Gasteiger partial charge in [-0.15, -0.1) is 0 Å². The third-order valence-electron chi connectivity index (χ3n) is 5.09. The van der Waals surface area contributed by atoms with Crippen molar-refractivity contribution in [1.29, 1.82) is 0 Å². The van der Waals surface area contributed by atoms with Crippen LogP contribution in [0.1, 0.15) is 38.3 Å². The van der Waals surface area contributed by atoms with Crippen LogP contribution in [-0.2, 0) is 11.3 Å². The molecular formula is C17H27N3O3. The van der Waals surface area contributed by atoms with Crippen molar-refractivity contribution < 1.29 is 9.84 Å². The topological polar surface area (TPSA) is 67.6 Å². The lowest BCUT2D eigenvalue weighted by molar-refractivity contribution is 0.0562.